The molecule has 1 aromatic carbocycles. The summed E-state index contributed by atoms with van der Waals surface area (Å²) in [7, 11) is 1.64. The molecule has 3 rings (SSSR count). The van der Waals surface area contributed by atoms with Gasteiger partial charge in [-0.25, -0.2) is 0 Å². The molecular weight excluding hydrogens is 346 g/mol. The summed E-state index contributed by atoms with van der Waals surface area (Å²) < 4.78 is 12.0. The Labute approximate surface area is 138 Å². The van der Waals surface area contributed by atoms with Gasteiger partial charge in [0.25, 0.3) is 0 Å². The van der Waals surface area contributed by atoms with E-state index in [0.717, 1.165) is 46.1 Å². The summed E-state index contributed by atoms with van der Waals surface area (Å²) >= 11 is 3.53. The van der Waals surface area contributed by atoms with Gasteiger partial charge in [0.15, 0.2) is 0 Å². The molecule has 116 valence electrons. The van der Waals surface area contributed by atoms with Crippen molar-refractivity contribution < 1.29 is 9.15 Å². The highest BCUT2D eigenvalue weighted by atomic mass is 79.9. The molecule has 0 unspecified atom stereocenters. The van der Waals surface area contributed by atoms with Gasteiger partial charge in [-0.1, -0.05) is 5.22 Å². The SMILES string of the molecule is COc1c(Br)cc(/N=N/N2CCCC2)cc1-c1ccc(C)o1. The van der Waals surface area contributed by atoms with Crippen molar-refractivity contribution in [1.29, 1.82) is 0 Å². The summed E-state index contributed by atoms with van der Waals surface area (Å²) in [6.07, 6.45) is 2.37. The maximum absolute atomic E-state index is 5.72. The van der Waals surface area contributed by atoms with Gasteiger partial charge in [-0.3, -0.25) is 5.01 Å². The number of furan rings is 1. The summed E-state index contributed by atoms with van der Waals surface area (Å²) in [6, 6.07) is 7.70. The van der Waals surface area contributed by atoms with E-state index in [4.69, 9.17) is 9.15 Å². The Hall–Kier alpha value is -1.82. The number of benzene rings is 1. The molecule has 0 saturated carbocycles. The highest BCUT2D eigenvalue weighted by Gasteiger charge is 2.15. The van der Waals surface area contributed by atoms with E-state index >= 15 is 0 Å². The summed E-state index contributed by atoms with van der Waals surface area (Å²) in [5, 5.41) is 10.6. The third kappa shape index (κ3) is 3.16. The van der Waals surface area contributed by atoms with Crippen LogP contribution < -0.4 is 4.74 Å². The predicted octanol–water partition coefficient (Wildman–Crippen LogP) is 5.12. The van der Waals surface area contributed by atoms with E-state index in [9.17, 15) is 0 Å². The van der Waals surface area contributed by atoms with Gasteiger partial charge in [-0.05, 0) is 60.0 Å². The van der Waals surface area contributed by atoms with Crippen LogP contribution in [0.5, 0.6) is 5.75 Å². The molecule has 0 N–H and O–H groups in total. The monoisotopic (exact) mass is 363 g/mol. The first-order valence-corrected chi connectivity index (χ1v) is 8.07. The second kappa shape index (κ2) is 6.52. The second-order valence-electron chi connectivity index (χ2n) is 5.27. The van der Waals surface area contributed by atoms with Gasteiger partial charge in [0.2, 0.25) is 0 Å². The first kappa shape index (κ1) is 15.1. The quantitative estimate of drug-likeness (QED) is 0.708. The average molecular weight is 364 g/mol. The van der Waals surface area contributed by atoms with Crippen LogP contribution in [0, 0.1) is 6.92 Å². The zero-order valence-electron chi connectivity index (χ0n) is 12.7. The third-order valence-electron chi connectivity index (χ3n) is 3.61. The van der Waals surface area contributed by atoms with Crippen LogP contribution in [0.2, 0.25) is 0 Å². The van der Waals surface area contributed by atoms with Gasteiger partial charge >= 0.3 is 0 Å². The molecular formula is C16H18BrN3O2. The van der Waals surface area contributed by atoms with Crippen molar-refractivity contribution in [2.75, 3.05) is 20.2 Å². The van der Waals surface area contributed by atoms with E-state index in [2.05, 4.69) is 26.3 Å². The molecule has 0 atom stereocenters. The smallest absolute Gasteiger partial charge is 0.144 e. The minimum Gasteiger partial charge on any atom is -0.495 e. The lowest BCUT2D eigenvalue weighted by atomic mass is 10.1. The molecule has 22 heavy (non-hydrogen) atoms. The van der Waals surface area contributed by atoms with Gasteiger partial charge < -0.3 is 9.15 Å². The average Bonchev–Trinajstić information content (AvgIpc) is 3.16. The number of hydrogen-bond donors (Lipinski definition) is 0. The first-order valence-electron chi connectivity index (χ1n) is 7.28. The lowest BCUT2D eigenvalue weighted by Gasteiger charge is -2.11. The van der Waals surface area contributed by atoms with Crippen molar-refractivity contribution in [2.45, 2.75) is 19.8 Å². The fourth-order valence-corrected chi connectivity index (χ4v) is 3.12. The van der Waals surface area contributed by atoms with Crippen LogP contribution >= 0.6 is 15.9 Å². The topological polar surface area (TPSA) is 50.3 Å². The van der Waals surface area contributed by atoms with Crippen LogP contribution in [0.1, 0.15) is 18.6 Å². The van der Waals surface area contributed by atoms with Crippen LogP contribution in [-0.2, 0) is 0 Å². The molecule has 6 heteroatoms. The van der Waals surface area contributed by atoms with Crippen LogP contribution in [0.3, 0.4) is 0 Å². The maximum atomic E-state index is 5.72. The van der Waals surface area contributed by atoms with Crippen molar-refractivity contribution in [3.63, 3.8) is 0 Å². The van der Waals surface area contributed by atoms with Crippen LogP contribution in [0.15, 0.2) is 43.5 Å². The summed E-state index contributed by atoms with van der Waals surface area (Å²) in [5.74, 6) is 2.35. The predicted molar refractivity (Wildman–Crippen MR) is 88.5 cm³/mol. The Morgan fingerprint density at radius 2 is 2.00 bits per heavy atom. The zero-order valence-corrected chi connectivity index (χ0v) is 14.3. The van der Waals surface area contributed by atoms with Crippen LogP contribution in [-0.4, -0.2) is 25.2 Å². The molecule has 2 heterocycles. The number of ether oxygens (including phenoxy) is 1. The van der Waals surface area contributed by atoms with E-state index in [-0.39, 0.29) is 0 Å². The van der Waals surface area contributed by atoms with Gasteiger partial charge in [-0.2, -0.15) is 0 Å². The molecule has 2 aromatic rings. The summed E-state index contributed by atoms with van der Waals surface area (Å²) in [4.78, 5) is 0. The Bertz CT molecular complexity index is 691. The first-order chi connectivity index (χ1) is 10.7. The highest BCUT2D eigenvalue weighted by Crippen LogP contribution is 2.40. The molecule has 1 aliphatic rings. The van der Waals surface area contributed by atoms with E-state index < -0.39 is 0 Å². The van der Waals surface area contributed by atoms with Crippen molar-refractivity contribution in [2.24, 2.45) is 10.3 Å². The van der Waals surface area contributed by atoms with Gasteiger partial charge in [-0.15, -0.1) is 5.11 Å². The van der Waals surface area contributed by atoms with Crippen LogP contribution in [0.25, 0.3) is 11.3 Å². The Balaban J connectivity index is 1.96. The Morgan fingerprint density at radius 3 is 2.64 bits per heavy atom. The standard InChI is InChI=1S/C16H18BrN3O2/c1-11-5-6-15(22-11)13-9-12(10-14(17)16(13)21-2)18-19-20-7-3-4-8-20/h5-6,9-10H,3-4,7-8H2,1-2H3/b19-18+. The van der Waals surface area contributed by atoms with Gasteiger partial charge in [0.1, 0.15) is 17.3 Å². The minimum atomic E-state index is 0.731. The van der Waals surface area contributed by atoms with Crippen molar-refractivity contribution in [1.82, 2.24) is 5.01 Å². The third-order valence-corrected chi connectivity index (χ3v) is 4.20. The van der Waals surface area contributed by atoms with E-state index in [1.807, 2.05) is 36.2 Å². The second-order valence-corrected chi connectivity index (χ2v) is 6.12. The Kier molecular flexibility index (Phi) is 4.47. The molecule has 0 aliphatic carbocycles. The lowest BCUT2D eigenvalue weighted by Crippen LogP contribution is -2.09. The maximum Gasteiger partial charge on any atom is 0.144 e. The molecule has 1 saturated heterocycles. The Morgan fingerprint density at radius 1 is 1.23 bits per heavy atom. The lowest BCUT2D eigenvalue weighted by molar-refractivity contribution is 0.336. The number of halogens is 1. The molecule has 5 nitrogen and oxygen atoms in total. The summed E-state index contributed by atoms with van der Waals surface area (Å²) in [6.45, 7) is 3.87. The molecule has 0 bridgehead atoms. The van der Waals surface area contributed by atoms with Crippen LogP contribution in [0.4, 0.5) is 5.69 Å². The molecule has 0 amide bonds. The molecule has 1 aliphatic heterocycles. The fraction of sp³-hybridized carbons (Fsp3) is 0.375. The fourth-order valence-electron chi connectivity index (χ4n) is 2.51. The number of methoxy groups -OCH3 is 1. The normalized spacial score (nSPS) is 15.0. The van der Waals surface area contributed by atoms with E-state index in [1.54, 1.807) is 7.11 Å². The number of aryl methyl sites for hydroxylation is 1. The molecule has 0 radical (unpaired) electrons. The number of hydrogen-bond acceptors (Lipinski definition) is 4. The van der Waals surface area contributed by atoms with Crippen molar-refractivity contribution in [3.8, 4) is 17.1 Å². The molecule has 1 fully saturated rings. The largest absolute Gasteiger partial charge is 0.495 e. The van der Waals surface area contributed by atoms with Crippen molar-refractivity contribution >= 4 is 21.6 Å². The highest BCUT2D eigenvalue weighted by molar-refractivity contribution is 9.10. The molecule has 0 spiro atoms. The number of nitrogens with zero attached hydrogens (tertiary/aromatic N) is 3. The van der Waals surface area contributed by atoms with Gasteiger partial charge in [0, 0.05) is 13.1 Å². The molecule has 1 aromatic heterocycles. The zero-order chi connectivity index (χ0) is 15.5. The van der Waals surface area contributed by atoms with Crippen molar-refractivity contribution in [3.05, 3.63) is 34.5 Å². The van der Waals surface area contributed by atoms with E-state index in [1.165, 1.54) is 12.8 Å². The minimum absolute atomic E-state index is 0.731. The number of rotatable bonds is 4. The van der Waals surface area contributed by atoms with Gasteiger partial charge in [0.05, 0.1) is 22.8 Å². The van der Waals surface area contributed by atoms with E-state index in [0.29, 0.717) is 0 Å². The summed E-state index contributed by atoms with van der Waals surface area (Å²) in [5.41, 5.74) is 1.63.